The Hall–Kier alpha value is -2.37. The van der Waals surface area contributed by atoms with E-state index in [1.54, 1.807) is 24.3 Å². The molecule has 1 heterocycles. The molecule has 1 saturated heterocycles. The van der Waals surface area contributed by atoms with Crippen LogP contribution in [-0.2, 0) is 19.1 Å². The number of hydrogen-bond donors (Lipinski definition) is 1. The van der Waals surface area contributed by atoms with Crippen LogP contribution >= 0.6 is 0 Å². The van der Waals surface area contributed by atoms with E-state index in [0.29, 0.717) is 24.1 Å². The maximum Gasteiger partial charge on any atom is 0.337 e. The molecule has 24 heavy (non-hydrogen) atoms. The minimum absolute atomic E-state index is 0.310. The van der Waals surface area contributed by atoms with Gasteiger partial charge in [-0.3, -0.25) is 9.59 Å². The topological polar surface area (TPSA) is 81.7 Å². The summed E-state index contributed by atoms with van der Waals surface area (Å²) in [5, 5.41) is 2.81. The molecule has 1 saturated carbocycles. The van der Waals surface area contributed by atoms with Crippen molar-refractivity contribution in [2.24, 2.45) is 10.8 Å². The predicted molar refractivity (Wildman–Crippen MR) is 86.4 cm³/mol. The number of amides is 1. The molecule has 0 unspecified atom stereocenters. The molecule has 1 aliphatic heterocycles. The number of carbonyl (C=O) groups is 3. The molecule has 0 aromatic heterocycles. The van der Waals surface area contributed by atoms with Gasteiger partial charge in [-0.15, -0.1) is 0 Å². The Morgan fingerprint density at radius 3 is 2.21 bits per heavy atom. The fourth-order valence-electron chi connectivity index (χ4n) is 3.79. The van der Waals surface area contributed by atoms with Crippen LogP contribution in [0.5, 0.6) is 0 Å². The summed E-state index contributed by atoms with van der Waals surface area (Å²) in [6.07, 6.45) is 1.14. The van der Waals surface area contributed by atoms with Gasteiger partial charge in [0, 0.05) is 11.1 Å². The van der Waals surface area contributed by atoms with Crippen LogP contribution < -0.4 is 5.32 Å². The largest absolute Gasteiger partial charge is 0.465 e. The van der Waals surface area contributed by atoms with Crippen LogP contribution in [-0.4, -0.2) is 30.6 Å². The maximum absolute atomic E-state index is 12.9. The van der Waals surface area contributed by atoms with Crippen LogP contribution in [0.2, 0.25) is 0 Å². The van der Waals surface area contributed by atoms with Gasteiger partial charge in [0.2, 0.25) is 0 Å². The molecule has 1 aliphatic carbocycles. The van der Waals surface area contributed by atoms with Crippen molar-refractivity contribution >= 4 is 23.5 Å². The van der Waals surface area contributed by atoms with Crippen LogP contribution in [0.3, 0.4) is 0 Å². The van der Waals surface area contributed by atoms with Crippen molar-refractivity contribution in [3.05, 3.63) is 29.8 Å². The monoisotopic (exact) mass is 331 g/mol. The first-order chi connectivity index (χ1) is 11.2. The number of rotatable bonds is 3. The normalized spacial score (nSPS) is 29.9. The summed E-state index contributed by atoms with van der Waals surface area (Å²) in [6.45, 7) is 5.68. The molecule has 1 amide bonds. The zero-order chi connectivity index (χ0) is 17.8. The molecular formula is C18H21NO5. The van der Waals surface area contributed by atoms with Crippen molar-refractivity contribution in [2.45, 2.75) is 39.2 Å². The number of methoxy groups -OCH3 is 1. The van der Waals surface area contributed by atoms with Crippen LogP contribution in [0.4, 0.5) is 5.69 Å². The number of esters is 2. The standard InChI is InChI=1S/C18H21NO5/c1-16(2)17(3)9-10-18(16,24-15(17)22)14(21)19-12-7-5-11(6-8-12)13(20)23-4/h5-8H,9-10H2,1-4H3,(H,19,21)/t17-,18-/m0/s1. The number of hydrogen-bond acceptors (Lipinski definition) is 5. The van der Waals surface area contributed by atoms with E-state index >= 15 is 0 Å². The van der Waals surface area contributed by atoms with Crippen LogP contribution in [0.1, 0.15) is 44.0 Å². The Bertz CT molecular complexity index is 723. The van der Waals surface area contributed by atoms with Gasteiger partial charge in [-0.05, 0) is 44.0 Å². The van der Waals surface area contributed by atoms with Crippen molar-refractivity contribution < 1.29 is 23.9 Å². The second-order valence-electron chi connectivity index (χ2n) is 7.20. The number of ether oxygens (including phenoxy) is 2. The van der Waals surface area contributed by atoms with Gasteiger partial charge in [0.1, 0.15) is 0 Å². The number of anilines is 1. The Morgan fingerprint density at radius 1 is 1.12 bits per heavy atom. The molecule has 2 atom stereocenters. The molecule has 3 rings (SSSR count). The van der Waals surface area contributed by atoms with Crippen molar-refractivity contribution in [3.63, 3.8) is 0 Å². The van der Waals surface area contributed by atoms with E-state index in [2.05, 4.69) is 10.1 Å². The van der Waals surface area contributed by atoms with Crippen LogP contribution in [0.15, 0.2) is 24.3 Å². The zero-order valence-corrected chi connectivity index (χ0v) is 14.3. The van der Waals surface area contributed by atoms with Gasteiger partial charge in [-0.2, -0.15) is 0 Å². The zero-order valence-electron chi connectivity index (χ0n) is 14.3. The van der Waals surface area contributed by atoms with Crippen molar-refractivity contribution in [1.82, 2.24) is 0 Å². The highest BCUT2D eigenvalue weighted by atomic mass is 16.6. The highest BCUT2D eigenvalue weighted by Gasteiger charge is 2.75. The average molecular weight is 331 g/mol. The van der Waals surface area contributed by atoms with Crippen molar-refractivity contribution in [1.29, 1.82) is 0 Å². The van der Waals surface area contributed by atoms with E-state index in [4.69, 9.17) is 4.74 Å². The summed E-state index contributed by atoms with van der Waals surface area (Å²) in [5.74, 6) is -1.08. The lowest BCUT2D eigenvalue weighted by Gasteiger charge is -2.35. The van der Waals surface area contributed by atoms with E-state index < -0.39 is 22.4 Å². The molecule has 1 aromatic rings. The molecule has 2 bridgehead atoms. The van der Waals surface area contributed by atoms with E-state index in [1.165, 1.54) is 7.11 Å². The highest BCUT2D eigenvalue weighted by Crippen LogP contribution is 2.65. The molecular weight excluding hydrogens is 310 g/mol. The minimum atomic E-state index is -1.15. The maximum atomic E-state index is 12.9. The highest BCUT2D eigenvalue weighted by molar-refractivity contribution is 6.03. The fourth-order valence-corrected chi connectivity index (χ4v) is 3.79. The van der Waals surface area contributed by atoms with E-state index in [9.17, 15) is 14.4 Å². The van der Waals surface area contributed by atoms with Gasteiger partial charge in [0.25, 0.3) is 5.91 Å². The van der Waals surface area contributed by atoms with Gasteiger partial charge < -0.3 is 14.8 Å². The summed E-state index contributed by atoms with van der Waals surface area (Å²) in [6, 6.07) is 6.39. The Labute approximate surface area is 140 Å². The third kappa shape index (κ3) is 1.92. The number of benzene rings is 1. The van der Waals surface area contributed by atoms with Crippen molar-refractivity contribution in [3.8, 4) is 0 Å². The van der Waals surface area contributed by atoms with Crippen LogP contribution in [0, 0.1) is 10.8 Å². The second kappa shape index (κ2) is 5.06. The van der Waals surface area contributed by atoms with Gasteiger partial charge in [-0.25, -0.2) is 4.79 Å². The van der Waals surface area contributed by atoms with Gasteiger partial charge in [0.05, 0.1) is 18.1 Å². The SMILES string of the molecule is COC(=O)c1ccc(NC(=O)[C@]23CC[C@@](C)(C(=O)O2)C3(C)C)cc1. The summed E-state index contributed by atoms with van der Waals surface area (Å²) < 4.78 is 10.2. The third-order valence-electron chi connectivity index (χ3n) is 6.01. The molecule has 1 aromatic carbocycles. The summed E-state index contributed by atoms with van der Waals surface area (Å²) in [7, 11) is 1.31. The molecule has 128 valence electrons. The first kappa shape index (κ1) is 16.5. The summed E-state index contributed by atoms with van der Waals surface area (Å²) >= 11 is 0. The lowest BCUT2D eigenvalue weighted by molar-refractivity contribution is -0.165. The third-order valence-corrected chi connectivity index (χ3v) is 6.01. The van der Waals surface area contributed by atoms with Crippen LogP contribution in [0.25, 0.3) is 0 Å². The first-order valence-corrected chi connectivity index (χ1v) is 7.91. The Morgan fingerprint density at radius 2 is 1.75 bits per heavy atom. The van der Waals surface area contributed by atoms with Gasteiger partial charge in [0.15, 0.2) is 5.60 Å². The predicted octanol–water partition coefficient (Wildman–Crippen LogP) is 2.53. The summed E-state index contributed by atoms with van der Waals surface area (Å²) in [4.78, 5) is 36.6. The lowest BCUT2D eigenvalue weighted by atomic mass is 9.66. The number of nitrogens with one attached hydrogen (secondary N) is 1. The number of carbonyl (C=O) groups excluding carboxylic acids is 3. The molecule has 2 fully saturated rings. The molecule has 1 N–H and O–H groups in total. The first-order valence-electron chi connectivity index (χ1n) is 7.91. The quantitative estimate of drug-likeness (QED) is 0.861. The molecule has 6 nitrogen and oxygen atoms in total. The van der Waals surface area contributed by atoms with E-state index in [-0.39, 0.29) is 11.9 Å². The number of fused-ring (bicyclic) bond motifs is 2. The average Bonchev–Trinajstić information content (AvgIpc) is 2.85. The Balaban J connectivity index is 1.83. The second-order valence-corrected chi connectivity index (χ2v) is 7.20. The van der Waals surface area contributed by atoms with Gasteiger partial charge in [-0.1, -0.05) is 13.8 Å². The molecule has 0 radical (unpaired) electrons. The van der Waals surface area contributed by atoms with E-state index in [1.807, 2.05) is 20.8 Å². The molecule has 2 aliphatic rings. The Kier molecular flexibility index (Phi) is 3.48. The minimum Gasteiger partial charge on any atom is -0.465 e. The lowest BCUT2D eigenvalue weighted by Crippen LogP contribution is -2.50. The molecule has 0 spiro atoms. The summed E-state index contributed by atoms with van der Waals surface area (Å²) in [5.41, 5.74) is -1.45. The fraction of sp³-hybridized carbons (Fsp3) is 0.500. The van der Waals surface area contributed by atoms with E-state index in [0.717, 1.165) is 0 Å². The molecule has 6 heteroatoms. The van der Waals surface area contributed by atoms with Crippen molar-refractivity contribution in [2.75, 3.05) is 12.4 Å². The smallest absolute Gasteiger partial charge is 0.337 e. The van der Waals surface area contributed by atoms with Gasteiger partial charge >= 0.3 is 11.9 Å².